The van der Waals surface area contributed by atoms with Gasteiger partial charge in [-0.25, -0.2) is 9.97 Å². The van der Waals surface area contributed by atoms with E-state index in [4.69, 9.17) is 28.3 Å². The lowest BCUT2D eigenvalue weighted by Gasteiger charge is -2.26. The summed E-state index contributed by atoms with van der Waals surface area (Å²) in [7, 11) is 0. The molecule has 0 aliphatic carbocycles. The Hall–Kier alpha value is -4.78. The first kappa shape index (κ1) is 27.1. The van der Waals surface area contributed by atoms with Gasteiger partial charge >= 0.3 is 0 Å². The Balaban J connectivity index is 1.09. The van der Waals surface area contributed by atoms with Gasteiger partial charge in [0.05, 0.1) is 5.69 Å². The Morgan fingerprint density at radius 1 is 0.721 bits per heavy atom. The van der Waals surface area contributed by atoms with Gasteiger partial charge in [0.25, 0.3) is 0 Å². The molecule has 218 valence electrons. The van der Waals surface area contributed by atoms with Crippen LogP contribution >= 0.6 is 0 Å². The fraction of sp³-hybridized carbons (Fsp3) is 0.278. The second-order valence-electron chi connectivity index (χ2n) is 12.9. The third-order valence-electron chi connectivity index (χ3n) is 8.30. The molecule has 1 unspecified atom stereocenters. The average Bonchev–Trinajstić information content (AvgIpc) is 3.72. The Labute approximate surface area is 250 Å². The number of aromatic nitrogens is 2. The van der Waals surface area contributed by atoms with Gasteiger partial charge in [0.1, 0.15) is 28.3 Å². The minimum absolute atomic E-state index is 0.0313. The van der Waals surface area contributed by atoms with Gasteiger partial charge in [-0.15, -0.1) is 0 Å². The SMILES string of the molecule is CCC(C)(C)c1ccc2oc(-c3ccc(-c4nc5cc(Oc6ccc7c(c6)NC(C(C)(C)C)O7)ccc5o4)cc3)nc2c1. The Bertz CT molecular complexity index is 1960. The zero-order chi connectivity index (χ0) is 29.9. The van der Waals surface area contributed by atoms with Crippen molar-refractivity contribution in [2.45, 2.75) is 59.6 Å². The van der Waals surface area contributed by atoms with E-state index >= 15 is 0 Å². The lowest BCUT2D eigenvalue weighted by molar-refractivity contribution is 0.127. The molecule has 0 spiro atoms. The smallest absolute Gasteiger partial charge is 0.227 e. The molecule has 1 aliphatic rings. The van der Waals surface area contributed by atoms with Gasteiger partial charge < -0.3 is 23.6 Å². The summed E-state index contributed by atoms with van der Waals surface area (Å²) in [6.45, 7) is 13.1. The first-order valence-corrected chi connectivity index (χ1v) is 14.7. The van der Waals surface area contributed by atoms with Crippen LogP contribution in [0.25, 0.3) is 45.1 Å². The van der Waals surface area contributed by atoms with Crippen LogP contribution in [0.4, 0.5) is 5.69 Å². The Morgan fingerprint density at radius 3 is 1.93 bits per heavy atom. The molecule has 7 heteroatoms. The monoisotopic (exact) mass is 573 g/mol. The van der Waals surface area contributed by atoms with E-state index in [2.05, 4.69) is 59.0 Å². The van der Waals surface area contributed by atoms with Crippen LogP contribution in [-0.4, -0.2) is 16.2 Å². The minimum atomic E-state index is -0.0851. The van der Waals surface area contributed by atoms with Crippen molar-refractivity contribution in [2.24, 2.45) is 5.41 Å². The van der Waals surface area contributed by atoms with Crippen molar-refractivity contribution in [3.8, 4) is 40.2 Å². The summed E-state index contributed by atoms with van der Waals surface area (Å²) in [5.41, 5.74) is 7.06. The summed E-state index contributed by atoms with van der Waals surface area (Å²) in [6.07, 6.45) is 0.966. The van der Waals surface area contributed by atoms with E-state index in [-0.39, 0.29) is 17.1 Å². The third kappa shape index (κ3) is 5.09. The van der Waals surface area contributed by atoms with E-state index in [1.807, 2.05) is 66.7 Å². The van der Waals surface area contributed by atoms with Crippen molar-refractivity contribution >= 4 is 27.9 Å². The number of hydrogen-bond acceptors (Lipinski definition) is 7. The van der Waals surface area contributed by atoms with Crippen molar-refractivity contribution in [1.82, 2.24) is 9.97 Å². The quantitative estimate of drug-likeness (QED) is 0.212. The molecule has 7 rings (SSSR count). The van der Waals surface area contributed by atoms with Gasteiger partial charge in [-0.3, -0.25) is 0 Å². The molecule has 4 aromatic carbocycles. The fourth-order valence-electron chi connectivity index (χ4n) is 5.14. The number of anilines is 1. The van der Waals surface area contributed by atoms with Crippen LogP contribution in [-0.2, 0) is 5.41 Å². The number of nitrogens with zero attached hydrogens (tertiary/aromatic N) is 2. The van der Waals surface area contributed by atoms with Crippen molar-refractivity contribution in [3.05, 3.63) is 84.4 Å². The molecule has 7 nitrogen and oxygen atoms in total. The number of nitrogens with one attached hydrogen (secondary N) is 1. The normalized spacial score (nSPS) is 15.0. The van der Waals surface area contributed by atoms with Crippen LogP contribution in [0, 0.1) is 5.41 Å². The molecule has 1 atom stereocenters. The number of oxazole rings is 2. The predicted molar refractivity (Wildman–Crippen MR) is 170 cm³/mol. The van der Waals surface area contributed by atoms with E-state index in [1.54, 1.807) is 0 Å². The summed E-state index contributed by atoms with van der Waals surface area (Å²) in [4.78, 5) is 9.52. The molecule has 0 amide bonds. The fourth-order valence-corrected chi connectivity index (χ4v) is 5.14. The number of hydrogen-bond donors (Lipinski definition) is 1. The molecular weight excluding hydrogens is 538 g/mol. The van der Waals surface area contributed by atoms with Crippen LogP contribution < -0.4 is 14.8 Å². The van der Waals surface area contributed by atoms with Gasteiger partial charge in [-0.05, 0) is 78.1 Å². The zero-order valence-electron chi connectivity index (χ0n) is 25.3. The molecule has 6 aromatic rings. The van der Waals surface area contributed by atoms with Gasteiger partial charge in [0, 0.05) is 28.7 Å². The maximum Gasteiger partial charge on any atom is 0.227 e. The van der Waals surface area contributed by atoms with Crippen LogP contribution in [0.2, 0.25) is 0 Å². The summed E-state index contributed by atoms with van der Waals surface area (Å²) < 4.78 is 24.4. The van der Waals surface area contributed by atoms with Gasteiger partial charge in [0.15, 0.2) is 17.4 Å². The number of rotatable bonds is 6. The molecule has 1 aliphatic heterocycles. The van der Waals surface area contributed by atoms with Gasteiger partial charge in [-0.2, -0.15) is 0 Å². The average molecular weight is 574 g/mol. The molecule has 0 bridgehead atoms. The van der Waals surface area contributed by atoms with E-state index < -0.39 is 0 Å². The molecule has 0 saturated heterocycles. The first-order chi connectivity index (χ1) is 20.6. The number of fused-ring (bicyclic) bond motifs is 3. The van der Waals surface area contributed by atoms with Crippen LogP contribution in [0.5, 0.6) is 17.2 Å². The molecule has 0 fully saturated rings. The van der Waals surface area contributed by atoms with Gasteiger partial charge in [-0.1, -0.05) is 47.6 Å². The molecule has 1 N–H and O–H groups in total. The highest BCUT2D eigenvalue weighted by Gasteiger charge is 2.32. The van der Waals surface area contributed by atoms with Crippen LogP contribution in [0.1, 0.15) is 53.5 Å². The molecule has 2 aromatic heterocycles. The minimum Gasteiger partial charge on any atom is -0.468 e. The summed E-state index contributed by atoms with van der Waals surface area (Å²) >= 11 is 0. The van der Waals surface area contributed by atoms with E-state index in [1.165, 1.54) is 5.56 Å². The highest BCUT2D eigenvalue weighted by molar-refractivity contribution is 5.79. The van der Waals surface area contributed by atoms with Crippen LogP contribution in [0.15, 0.2) is 87.7 Å². The molecule has 43 heavy (non-hydrogen) atoms. The number of benzene rings is 4. The summed E-state index contributed by atoms with van der Waals surface area (Å²) in [5, 5.41) is 3.44. The first-order valence-electron chi connectivity index (χ1n) is 14.7. The largest absolute Gasteiger partial charge is 0.468 e. The van der Waals surface area contributed by atoms with Crippen LogP contribution in [0.3, 0.4) is 0 Å². The van der Waals surface area contributed by atoms with Crippen molar-refractivity contribution in [2.75, 3.05) is 5.32 Å². The maximum atomic E-state index is 6.17. The lowest BCUT2D eigenvalue weighted by Crippen LogP contribution is -2.35. The van der Waals surface area contributed by atoms with Gasteiger partial charge in [0.2, 0.25) is 11.8 Å². The predicted octanol–water partition coefficient (Wildman–Crippen LogP) is 9.96. The zero-order valence-corrected chi connectivity index (χ0v) is 25.3. The second-order valence-corrected chi connectivity index (χ2v) is 12.9. The Morgan fingerprint density at radius 2 is 1.30 bits per heavy atom. The topological polar surface area (TPSA) is 82.6 Å². The number of ether oxygens (including phenoxy) is 2. The lowest BCUT2D eigenvalue weighted by atomic mass is 9.82. The standard InChI is InChI=1S/C36H35N3O4/c1-7-36(5,6)23-12-15-29-26(18-23)37-32(41-29)21-8-10-22(11-9-21)33-38-27-19-24(13-16-30(27)42-33)40-25-14-17-31-28(20-25)39-34(43-31)35(2,3)4/h8-20,34,39H,7H2,1-6H3. The second kappa shape index (κ2) is 9.90. The maximum absolute atomic E-state index is 6.17. The van der Waals surface area contributed by atoms with Crippen molar-refractivity contribution in [1.29, 1.82) is 0 Å². The molecule has 0 saturated carbocycles. The summed E-state index contributed by atoms with van der Waals surface area (Å²) in [6, 6.07) is 25.7. The Kier molecular flexibility index (Phi) is 6.24. The van der Waals surface area contributed by atoms with E-state index in [0.29, 0.717) is 28.9 Å². The van der Waals surface area contributed by atoms with E-state index in [0.717, 1.165) is 45.6 Å². The van der Waals surface area contributed by atoms with Crippen molar-refractivity contribution in [3.63, 3.8) is 0 Å². The van der Waals surface area contributed by atoms with Crippen molar-refractivity contribution < 1.29 is 18.3 Å². The molecular formula is C36H35N3O4. The molecule has 0 radical (unpaired) electrons. The highest BCUT2D eigenvalue weighted by Crippen LogP contribution is 2.41. The summed E-state index contributed by atoms with van der Waals surface area (Å²) in [5.74, 6) is 3.35. The third-order valence-corrected chi connectivity index (χ3v) is 8.30. The van der Waals surface area contributed by atoms with E-state index in [9.17, 15) is 0 Å². The highest BCUT2D eigenvalue weighted by atomic mass is 16.5. The molecule has 3 heterocycles.